The van der Waals surface area contributed by atoms with Crippen molar-refractivity contribution in [3.63, 3.8) is 0 Å². The van der Waals surface area contributed by atoms with Gasteiger partial charge in [0.15, 0.2) is 16.9 Å². The van der Waals surface area contributed by atoms with Crippen molar-refractivity contribution in [3.05, 3.63) is 28.8 Å². The number of hydrogen-bond donors (Lipinski definition) is 0. The molecular formula is C23H27NO7. The molecule has 3 aliphatic rings. The van der Waals surface area contributed by atoms with E-state index >= 15 is 0 Å². The lowest BCUT2D eigenvalue weighted by atomic mass is 9.70. The van der Waals surface area contributed by atoms with E-state index in [1.54, 1.807) is 14.2 Å². The van der Waals surface area contributed by atoms with E-state index < -0.39 is 17.4 Å². The molecule has 1 heterocycles. The smallest absolute Gasteiger partial charge is 0.323 e. The van der Waals surface area contributed by atoms with Crippen LogP contribution in [-0.4, -0.2) is 57.7 Å². The predicted molar refractivity (Wildman–Crippen MR) is 110 cm³/mol. The number of benzene rings is 1. The number of fused-ring (bicyclic) bond motifs is 2. The van der Waals surface area contributed by atoms with Crippen molar-refractivity contribution >= 4 is 23.4 Å². The van der Waals surface area contributed by atoms with Crippen LogP contribution in [-0.2, 0) is 23.9 Å². The first kappa shape index (κ1) is 21.2. The van der Waals surface area contributed by atoms with E-state index in [4.69, 9.17) is 18.9 Å². The zero-order valence-corrected chi connectivity index (χ0v) is 18.3. The van der Waals surface area contributed by atoms with E-state index in [0.717, 1.165) is 28.7 Å². The zero-order valence-electron chi connectivity index (χ0n) is 18.3. The van der Waals surface area contributed by atoms with Gasteiger partial charge >= 0.3 is 11.9 Å². The normalized spacial score (nSPS) is 21.5. The van der Waals surface area contributed by atoms with Crippen molar-refractivity contribution in [2.75, 3.05) is 35.0 Å². The first-order chi connectivity index (χ1) is 14.9. The maximum Gasteiger partial charge on any atom is 0.323 e. The lowest BCUT2D eigenvalue weighted by Gasteiger charge is -2.36. The third kappa shape index (κ3) is 3.07. The number of carbonyl (C=O) groups excluding carboxylic acids is 3. The lowest BCUT2D eigenvalue weighted by Crippen LogP contribution is -2.44. The first-order valence-corrected chi connectivity index (χ1v) is 10.4. The van der Waals surface area contributed by atoms with E-state index in [0.29, 0.717) is 30.9 Å². The second kappa shape index (κ2) is 7.90. The SMILES string of the molecule is COC(=O)C1(C(=O)OC)CCC2=C(C1)C(N1CCCC1=O)c1cc(OC)c(OC)cc12. The third-order valence-electron chi connectivity index (χ3n) is 6.76. The zero-order chi connectivity index (χ0) is 22.3. The highest BCUT2D eigenvalue weighted by atomic mass is 16.5. The van der Waals surface area contributed by atoms with E-state index in [2.05, 4.69) is 0 Å². The summed E-state index contributed by atoms with van der Waals surface area (Å²) in [4.78, 5) is 40.1. The molecule has 1 atom stereocenters. The Bertz CT molecular complexity index is 964. The summed E-state index contributed by atoms with van der Waals surface area (Å²) in [6, 6.07) is 3.47. The molecule has 8 heteroatoms. The van der Waals surface area contributed by atoms with Crippen LogP contribution in [0.15, 0.2) is 17.7 Å². The van der Waals surface area contributed by atoms with Crippen LogP contribution in [0.5, 0.6) is 11.5 Å². The van der Waals surface area contributed by atoms with Gasteiger partial charge in [-0.1, -0.05) is 0 Å². The number of amides is 1. The fraction of sp³-hybridized carbons (Fsp3) is 0.522. The Hall–Kier alpha value is -3.03. The number of rotatable bonds is 5. The molecule has 0 aromatic heterocycles. The largest absolute Gasteiger partial charge is 0.493 e. The van der Waals surface area contributed by atoms with Gasteiger partial charge < -0.3 is 23.8 Å². The molecule has 31 heavy (non-hydrogen) atoms. The molecule has 1 fully saturated rings. The summed E-state index contributed by atoms with van der Waals surface area (Å²) in [5, 5.41) is 0. The van der Waals surface area contributed by atoms with Crippen molar-refractivity contribution in [2.24, 2.45) is 5.41 Å². The number of carbonyl (C=O) groups is 3. The summed E-state index contributed by atoms with van der Waals surface area (Å²) in [6.07, 6.45) is 2.18. The number of methoxy groups -OCH3 is 4. The Labute approximate surface area is 181 Å². The van der Waals surface area contributed by atoms with E-state index in [1.165, 1.54) is 14.2 Å². The van der Waals surface area contributed by atoms with E-state index in [9.17, 15) is 14.4 Å². The minimum atomic E-state index is -1.42. The highest BCUT2D eigenvalue weighted by molar-refractivity contribution is 6.02. The molecule has 4 rings (SSSR count). The van der Waals surface area contributed by atoms with E-state index in [1.807, 2.05) is 17.0 Å². The Morgan fingerprint density at radius 2 is 1.65 bits per heavy atom. The number of likely N-dealkylation sites (tertiary alicyclic amines) is 1. The Morgan fingerprint density at radius 1 is 1.00 bits per heavy atom. The van der Waals surface area contributed by atoms with Crippen LogP contribution in [0.4, 0.5) is 0 Å². The second-order valence-electron chi connectivity index (χ2n) is 8.13. The van der Waals surface area contributed by atoms with Crippen LogP contribution in [0, 0.1) is 5.41 Å². The molecule has 1 saturated heterocycles. The quantitative estimate of drug-likeness (QED) is 0.525. The summed E-state index contributed by atoms with van der Waals surface area (Å²) in [5.74, 6) is 0.0167. The van der Waals surface area contributed by atoms with Crippen LogP contribution in [0.1, 0.15) is 49.3 Å². The van der Waals surface area contributed by atoms with E-state index in [-0.39, 0.29) is 24.8 Å². The van der Waals surface area contributed by atoms with Gasteiger partial charge in [0.25, 0.3) is 0 Å². The average Bonchev–Trinajstić information content (AvgIpc) is 3.35. The Kier molecular flexibility index (Phi) is 5.41. The fourth-order valence-electron chi connectivity index (χ4n) is 5.28. The maximum absolute atomic E-state index is 12.8. The molecule has 8 nitrogen and oxygen atoms in total. The van der Waals surface area contributed by atoms with Gasteiger partial charge in [0.05, 0.1) is 34.5 Å². The summed E-state index contributed by atoms with van der Waals surface area (Å²) in [5.41, 5.74) is 2.43. The molecule has 2 aliphatic carbocycles. The second-order valence-corrected chi connectivity index (χ2v) is 8.13. The number of nitrogens with zero attached hydrogens (tertiary/aromatic N) is 1. The molecule has 0 bridgehead atoms. The first-order valence-electron chi connectivity index (χ1n) is 10.4. The summed E-state index contributed by atoms with van der Waals surface area (Å²) in [7, 11) is 5.70. The van der Waals surface area contributed by atoms with Gasteiger partial charge in [0, 0.05) is 13.0 Å². The van der Waals surface area contributed by atoms with Gasteiger partial charge in [-0.2, -0.15) is 0 Å². The summed E-state index contributed by atoms with van der Waals surface area (Å²) >= 11 is 0. The highest BCUT2D eigenvalue weighted by Crippen LogP contribution is 2.57. The molecule has 0 N–H and O–H groups in total. The molecule has 166 valence electrons. The van der Waals surface area contributed by atoms with Crippen molar-refractivity contribution in [1.29, 1.82) is 0 Å². The summed E-state index contributed by atoms with van der Waals surface area (Å²) in [6.45, 7) is 0.623. The van der Waals surface area contributed by atoms with Crippen LogP contribution in [0.3, 0.4) is 0 Å². The molecule has 0 spiro atoms. The molecule has 1 aromatic carbocycles. The molecule has 1 unspecified atom stereocenters. The monoisotopic (exact) mass is 429 g/mol. The van der Waals surface area contributed by atoms with Crippen molar-refractivity contribution in [1.82, 2.24) is 4.90 Å². The number of esters is 2. The maximum atomic E-state index is 12.8. The molecule has 1 aliphatic heterocycles. The van der Waals surface area contributed by atoms with Gasteiger partial charge in [-0.3, -0.25) is 14.4 Å². The highest BCUT2D eigenvalue weighted by Gasteiger charge is 2.54. The number of ether oxygens (including phenoxy) is 4. The van der Waals surface area contributed by atoms with Gasteiger partial charge in [-0.25, -0.2) is 0 Å². The Morgan fingerprint density at radius 3 is 2.19 bits per heavy atom. The van der Waals surface area contributed by atoms with Crippen LogP contribution < -0.4 is 9.47 Å². The van der Waals surface area contributed by atoms with Gasteiger partial charge in [-0.15, -0.1) is 0 Å². The number of hydrogen-bond acceptors (Lipinski definition) is 7. The fourth-order valence-corrected chi connectivity index (χ4v) is 5.28. The molecule has 0 saturated carbocycles. The summed E-state index contributed by atoms with van der Waals surface area (Å²) < 4.78 is 21.0. The minimum Gasteiger partial charge on any atom is -0.493 e. The van der Waals surface area contributed by atoms with Gasteiger partial charge in [0.1, 0.15) is 0 Å². The molecule has 1 aromatic rings. The average molecular weight is 429 g/mol. The molecule has 0 radical (unpaired) electrons. The number of allylic oxidation sites excluding steroid dienone is 1. The lowest BCUT2D eigenvalue weighted by molar-refractivity contribution is -0.170. The van der Waals surface area contributed by atoms with Crippen LogP contribution in [0.25, 0.3) is 5.57 Å². The van der Waals surface area contributed by atoms with Crippen LogP contribution in [0.2, 0.25) is 0 Å². The topological polar surface area (TPSA) is 91.4 Å². The van der Waals surface area contributed by atoms with Gasteiger partial charge in [-0.05, 0) is 60.1 Å². The third-order valence-corrected chi connectivity index (χ3v) is 6.76. The Balaban J connectivity index is 1.88. The molecular weight excluding hydrogens is 402 g/mol. The van der Waals surface area contributed by atoms with Crippen molar-refractivity contribution in [3.8, 4) is 11.5 Å². The standard InChI is InChI=1S/C23H27NO7/c1-28-17-10-14-13-7-8-23(21(26)30-3,22(27)31-4)12-16(13)20(15(14)11-18(17)29-2)24-9-5-6-19(24)25/h10-11,20H,5-9,12H2,1-4H3. The predicted octanol–water partition coefficient (Wildman–Crippen LogP) is 2.65. The molecule has 1 amide bonds. The van der Waals surface area contributed by atoms with Crippen LogP contribution >= 0.6 is 0 Å². The van der Waals surface area contributed by atoms with Crippen molar-refractivity contribution in [2.45, 2.75) is 38.1 Å². The van der Waals surface area contributed by atoms with Gasteiger partial charge in [0.2, 0.25) is 5.91 Å². The minimum absolute atomic E-state index is 0.0618. The van der Waals surface area contributed by atoms with Crippen molar-refractivity contribution < 1.29 is 33.3 Å².